The first kappa shape index (κ1) is 17.6. The molecule has 0 amide bonds. The molecule has 3 rings (SSSR count). The highest BCUT2D eigenvalue weighted by Crippen LogP contribution is 2.23. The first-order valence-corrected chi connectivity index (χ1v) is 9.22. The predicted octanol–water partition coefficient (Wildman–Crippen LogP) is 3.78. The fourth-order valence-corrected chi connectivity index (χ4v) is 3.28. The highest BCUT2D eigenvalue weighted by Gasteiger charge is 2.07. The maximum Gasteiger partial charge on any atom is 0.124 e. The minimum absolute atomic E-state index is 0.551. The van der Waals surface area contributed by atoms with E-state index in [0.717, 1.165) is 35.0 Å². The van der Waals surface area contributed by atoms with Gasteiger partial charge in [-0.05, 0) is 18.7 Å². The van der Waals surface area contributed by atoms with Crippen molar-refractivity contribution < 1.29 is 4.74 Å². The van der Waals surface area contributed by atoms with Crippen molar-refractivity contribution in [3.05, 3.63) is 71.2 Å². The largest absolute Gasteiger partial charge is 0.489 e. The molecule has 0 aliphatic carbocycles. The van der Waals surface area contributed by atoms with E-state index in [-0.39, 0.29) is 0 Å². The fraction of sp³-hybridized carbons (Fsp3) is 0.250. The molecule has 0 atom stereocenters. The van der Waals surface area contributed by atoms with E-state index in [9.17, 15) is 0 Å². The van der Waals surface area contributed by atoms with Gasteiger partial charge < -0.3 is 15.4 Å². The van der Waals surface area contributed by atoms with E-state index in [2.05, 4.69) is 47.3 Å². The SMILES string of the molecule is CN(CCN)Cc1ccccc1OCc1ccc(-c2nccs2)cc1. The summed E-state index contributed by atoms with van der Waals surface area (Å²) in [4.78, 5) is 6.54. The zero-order valence-corrected chi connectivity index (χ0v) is 15.2. The van der Waals surface area contributed by atoms with Crippen molar-refractivity contribution in [3.8, 4) is 16.3 Å². The van der Waals surface area contributed by atoms with Crippen LogP contribution in [0.15, 0.2) is 60.1 Å². The Bertz CT molecular complexity index is 772. The molecule has 1 heterocycles. The maximum atomic E-state index is 6.06. The second kappa shape index (κ2) is 8.76. The third-order valence-corrected chi connectivity index (χ3v) is 4.77. The molecule has 2 aromatic carbocycles. The number of benzene rings is 2. The molecular formula is C20H23N3OS. The molecule has 0 aliphatic rings. The molecule has 3 aromatic rings. The van der Waals surface area contributed by atoms with Gasteiger partial charge in [-0.15, -0.1) is 11.3 Å². The Hall–Kier alpha value is -2.21. The molecule has 0 bridgehead atoms. The minimum atomic E-state index is 0.551. The Kier molecular flexibility index (Phi) is 6.17. The lowest BCUT2D eigenvalue weighted by Gasteiger charge is -2.18. The fourth-order valence-electron chi connectivity index (χ4n) is 2.64. The molecule has 1 aromatic heterocycles. The number of nitrogens with two attached hydrogens (primary N) is 1. The summed E-state index contributed by atoms with van der Waals surface area (Å²) >= 11 is 1.65. The molecule has 2 N–H and O–H groups in total. The van der Waals surface area contributed by atoms with Crippen molar-refractivity contribution in [1.29, 1.82) is 0 Å². The van der Waals surface area contributed by atoms with Gasteiger partial charge in [0.1, 0.15) is 17.4 Å². The lowest BCUT2D eigenvalue weighted by atomic mass is 10.1. The number of likely N-dealkylation sites (N-methyl/N-ethyl adjacent to an activating group) is 1. The zero-order valence-electron chi connectivity index (χ0n) is 14.4. The smallest absolute Gasteiger partial charge is 0.124 e. The summed E-state index contributed by atoms with van der Waals surface area (Å²) in [5.41, 5.74) is 9.09. The average molecular weight is 353 g/mol. The van der Waals surface area contributed by atoms with Crippen LogP contribution in [0.3, 0.4) is 0 Å². The van der Waals surface area contributed by atoms with E-state index in [4.69, 9.17) is 10.5 Å². The van der Waals surface area contributed by atoms with Gasteiger partial charge >= 0.3 is 0 Å². The van der Waals surface area contributed by atoms with Gasteiger partial charge in [0.25, 0.3) is 0 Å². The van der Waals surface area contributed by atoms with Crippen LogP contribution in [0.1, 0.15) is 11.1 Å². The number of aromatic nitrogens is 1. The Morgan fingerprint density at radius 1 is 1.12 bits per heavy atom. The molecule has 0 fully saturated rings. The van der Waals surface area contributed by atoms with E-state index in [1.165, 1.54) is 5.56 Å². The van der Waals surface area contributed by atoms with Crippen molar-refractivity contribution in [2.45, 2.75) is 13.2 Å². The van der Waals surface area contributed by atoms with Gasteiger partial charge in [0, 0.05) is 42.3 Å². The number of hydrogen-bond donors (Lipinski definition) is 1. The summed E-state index contributed by atoms with van der Waals surface area (Å²) in [7, 11) is 2.07. The normalized spacial score (nSPS) is 11.0. The third kappa shape index (κ3) is 4.89. The van der Waals surface area contributed by atoms with Crippen molar-refractivity contribution in [3.63, 3.8) is 0 Å². The van der Waals surface area contributed by atoms with Crippen LogP contribution in [0.4, 0.5) is 0 Å². The molecular weight excluding hydrogens is 330 g/mol. The van der Waals surface area contributed by atoms with Crippen LogP contribution in [-0.4, -0.2) is 30.0 Å². The quantitative estimate of drug-likeness (QED) is 0.670. The van der Waals surface area contributed by atoms with Gasteiger partial charge in [-0.1, -0.05) is 42.5 Å². The van der Waals surface area contributed by atoms with Gasteiger partial charge in [0.15, 0.2) is 0 Å². The Balaban J connectivity index is 1.63. The van der Waals surface area contributed by atoms with Gasteiger partial charge in [0.05, 0.1) is 0 Å². The Morgan fingerprint density at radius 2 is 1.92 bits per heavy atom. The number of thiazole rings is 1. The number of ether oxygens (including phenoxy) is 1. The van der Waals surface area contributed by atoms with Crippen LogP contribution < -0.4 is 10.5 Å². The highest BCUT2D eigenvalue weighted by molar-refractivity contribution is 7.13. The molecule has 0 unspecified atom stereocenters. The van der Waals surface area contributed by atoms with Crippen LogP contribution in [0, 0.1) is 0 Å². The predicted molar refractivity (Wildman–Crippen MR) is 104 cm³/mol. The molecule has 25 heavy (non-hydrogen) atoms. The lowest BCUT2D eigenvalue weighted by molar-refractivity contribution is 0.287. The average Bonchev–Trinajstić information content (AvgIpc) is 3.16. The summed E-state index contributed by atoms with van der Waals surface area (Å²) in [6.45, 7) is 2.91. The van der Waals surface area contributed by atoms with Crippen LogP contribution in [0.5, 0.6) is 5.75 Å². The second-order valence-corrected chi connectivity index (χ2v) is 6.85. The van der Waals surface area contributed by atoms with Crippen LogP contribution in [0.25, 0.3) is 10.6 Å². The van der Waals surface area contributed by atoms with Crippen LogP contribution in [-0.2, 0) is 13.2 Å². The summed E-state index contributed by atoms with van der Waals surface area (Å²) in [5, 5.41) is 3.03. The maximum absolute atomic E-state index is 6.06. The van der Waals surface area contributed by atoms with Crippen LogP contribution in [0.2, 0.25) is 0 Å². The minimum Gasteiger partial charge on any atom is -0.489 e. The molecule has 0 spiro atoms. The zero-order chi connectivity index (χ0) is 17.5. The van der Waals surface area contributed by atoms with Gasteiger partial charge in [-0.2, -0.15) is 0 Å². The summed E-state index contributed by atoms with van der Waals surface area (Å²) < 4.78 is 6.06. The van der Waals surface area contributed by atoms with Crippen molar-refractivity contribution in [2.24, 2.45) is 5.73 Å². The Labute approximate surface area is 152 Å². The van der Waals surface area contributed by atoms with E-state index < -0.39 is 0 Å². The number of rotatable bonds is 8. The third-order valence-electron chi connectivity index (χ3n) is 3.95. The van der Waals surface area contributed by atoms with Gasteiger partial charge in [-0.25, -0.2) is 4.98 Å². The molecule has 0 saturated heterocycles. The van der Waals surface area contributed by atoms with E-state index >= 15 is 0 Å². The summed E-state index contributed by atoms with van der Waals surface area (Å²) in [6.07, 6.45) is 1.83. The Morgan fingerprint density at radius 3 is 2.64 bits per heavy atom. The summed E-state index contributed by atoms with van der Waals surface area (Å²) in [6, 6.07) is 16.6. The van der Waals surface area contributed by atoms with E-state index in [0.29, 0.717) is 13.2 Å². The summed E-state index contributed by atoms with van der Waals surface area (Å²) in [5.74, 6) is 0.926. The molecule has 130 valence electrons. The molecule has 0 aliphatic heterocycles. The molecule has 0 radical (unpaired) electrons. The highest BCUT2D eigenvalue weighted by atomic mass is 32.1. The molecule has 0 saturated carbocycles. The van der Waals surface area contributed by atoms with E-state index in [1.54, 1.807) is 11.3 Å². The number of nitrogens with zero attached hydrogens (tertiary/aromatic N) is 2. The van der Waals surface area contributed by atoms with Crippen molar-refractivity contribution in [2.75, 3.05) is 20.1 Å². The van der Waals surface area contributed by atoms with E-state index in [1.807, 2.05) is 29.8 Å². The van der Waals surface area contributed by atoms with Gasteiger partial charge in [-0.3, -0.25) is 0 Å². The van der Waals surface area contributed by atoms with Crippen molar-refractivity contribution in [1.82, 2.24) is 9.88 Å². The van der Waals surface area contributed by atoms with Crippen LogP contribution >= 0.6 is 11.3 Å². The first-order valence-electron chi connectivity index (χ1n) is 8.34. The topological polar surface area (TPSA) is 51.4 Å². The lowest BCUT2D eigenvalue weighted by Crippen LogP contribution is -2.25. The molecule has 5 heteroatoms. The second-order valence-electron chi connectivity index (χ2n) is 5.96. The molecule has 4 nitrogen and oxygen atoms in total. The standard InChI is InChI=1S/C20H23N3OS/c1-23(12-10-21)14-18-4-2-3-5-19(18)24-15-16-6-8-17(9-7-16)20-22-11-13-25-20/h2-9,11,13H,10,12,14-15,21H2,1H3. The van der Waals surface area contributed by atoms with Crippen molar-refractivity contribution >= 4 is 11.3 Å². The monoisotopic (exact) mass is 353 g/mol. The number of hydrogen-bond acceptors (Lipinski definition) is 5. The first-order chi connectivity index (χ1) is 12.3. The van der Waals surface area contributed by atoms with Gasteiger partial charge in [0.2, 0.25) is 0 Å². The number of para-hydroxylation sites is 1.